The first-order chi connectivity index (χ1) is 7.16. The summed E-state index contributed by atoms with van der Waals surface area (Å²) in [6.45, 7) is 2.23. The summed E-state index contributed by atoms with van der Waals surface area (Å²) in [5.41, 5.74) is 0.395. The minimum absolute atomic E-state index is 0.181. The van der Waals surface area contributed by atoms with E-state index in [2.05, 4.69) is 0 Å². The van der Waals surface area contributed by atoms with Crippen LogP contribution in [0.4, 0.5) is 0 Å². The van der Waals surface area contributed by atoms with Crippen LogP contribution in [-0.2, 0) is 4.74 Å². The third-order valence-electron chi connectivity index (χ3n) is 1.80. The largest absolute Gasteiger partial charge is 0.462 e. The lowest BCUT2D eigenvalue weighted by Gasteiger charge is -2.05. The lowest BCUT2D eigenvalue weighted by atomic mass is 10.1. The summed E-state index contributed by atoms with van der Waals surface area (Å²) >= 11 is 5.34. The van der Waals surface area contributed by atoms with Crippen molar-refractivity contribution in [1.29, 1.82) is 0 Å². The third-order valence-corrected chi connectivity index (χ3v) is 2.00. The number of hydrogen-bond acceptors (Lipinski definition) is 3. The average molecular weight is 227 g/mol. The van der Waals surface area contributed by atoms with Gasteiger partial charge in [0.05, 0.1) is 12.2 Å². The predicted octanol–water partition coefficient (Wildman–Crippen LogP) is 2.63. The average Bonchev–Trinajstić information content (AvgIpc) is 2.25. The molecule has 1 aromatic rings. The summed E-state index contributed by atoms with van der Waals surface area (Å²) in [4.78, 5) is 22.5. The fraction of sp³-hybridized carbons (Fsp3) is 0.273. The van der Waals surface area contributed by atoms with Crippen molar-refractivity contribution in [2.45, 2.75) is 13.3 Å². The molecular weight excluding hydrogens is 216 g/mol. The molecule has 3 nitrogen and oxygen atoms in total. The number of hydrogen-bond donors (Lipinski definition) is 0. The Kier molecular flexibility index (Phi) is 4.31. The number of carbonyl (C=O) groups is 2. The third kappa shape index (κ3) is 3.06. The van der Waals surface area contributed by atoms with Crippen molar-refractivity contribution < 1.29 is 14.3 Å². The maximum absolute atomic E-state index is 11.5. The van der Waals surface area contributed by atoms with E-state index in [0.717, 1.165) is 6.42 Å². The highest BCUT2D eigenvalue weighted by Crippen LogP contribution is 2.12. The van der Waals surface area contributed by atoms with Gasteiger partial charge in [0.1, 0.15) is 0 Å². The minimum Gasteiger partial charge on any atom is -0.462 e. The van der Waals surface area contributed by atoms with Crippen molar-refractivity contribution in [3.8, 4) is 0 Å². The molecule has 0 radical (unpaired) electrons. The zero-order valence-electron chi connectivity index (χ0n) is 8.33. The Morgan fingerprint density at radius 2 is 1.87 bits per heavy atom. The van der Waals surface area contributed by atoms with Gasteiger partial charge in [-0.1, -0.05) is 19.1 Å². The van der Waals surface area contributed by atoms with E-state index in [9.17, 15) is 9.59 Å². The smallest absolute Gasteiger partial charge is 0.338 e. The predicted molar refractivity (Wildman–Crippen MR) is 57.2 cm³/mol. The molecule has 1 rings (SSSR count). The normalized spacial score (nSPS) is 9.73. The fourth-order valence-electron chi connectivity index (χ4n) is 1.11. The van der Waals surface area contributed by atoms with Crippen molar-refractivity contribution in [3.63, 3.8) is 0 Å². The van der Waals surface area contributed by atoms with E-state index in [0.29, 0.717) is 6.61 Å². The molecule has 0 aliphatic rings. The summed E-state index contributed by atoms with van der Waals surface area (Å²) in [5, 5.41) is -0.654. The molecule has 0 saturated heterocycles. The fourth-order valence-corrected chi connectivity index (χ4v) is 1.27. The number of esters is 1. The molecule has 0 saturated carbocycles. The number of benzene rings is 1. The first-order valence-corrected chi connectivity index (χ1v) is 5.00. The molecule has 15 heavy (non-hydrogen) atoms. The second-order valence-corrected chi connectivity index (χ2v) is 3.30. The molecule has 4 heteroatoms. The molecule has 0 amide bonds. The Hall–Kier alpha value is -1.35. The van der Waals surface area contributed by atoms with Crippen LogP contribution in [0.3, 0.4) is 0 Å². The van der Waals surface area contributed by atoms with Crippen LogP contribution in [-0.4, -0.2) is 17.8 Å². The van der Waals surface area contributed by atoms with Gasteiger partial charge in [0.25, 0.3) is 5.24 Å². The van der Waals surface area contributed by atoms with Gasteiger partial charge in [0.15, 0.2) is 0 Å². The van der Waals surface area contributed by atoms with Crippen LogP contribution in [0.2, 0.25) is 0 Å². The Balaban J connectivity index is 2.92. The maximum atomic E-state index is 11.5. The Labute approximate surface area is 93.0 Å². The van der Waals surface area contributed by atoms with E-state index in [4.69, 9.17) is 16.3 Å². The van der Waals surface area contributed by atoms with Gasteiger partial charge in [-0.3, -0.25) is 4.79 Å². The summed E-state index contributed by atoms with van der Waals surface area (Å²) in [7, 11) is 0. The summed E-state index contributed by atoms with van der Waals surface area (Å²) in [6, 6.07) is 6.32. The van der Waals surface area contributed by atoms with Crippen molar-refractivity contribution in [2.24, 2.45) is 0 Å². The molecule has 80 valence electrons. The van der Waals surface area contributed by atoms with Crippen LogP contribution in [0.25, 0.3) is 0 Å². The van der Waals surface area contributed by atoms with E-state index in [1.165, 1.54) is 12.1 Å². The lowest BCUT2D eigenvalue weighted by molar-refractivity contribution is 0.0502. The Bertz CT molecular complexity index is 374. The molecule has 0 fully saturated rings. The van der Waals surface area contributed by atoms with E-state index < -0.39 is 11.2 Å². The van der Waals surface area contributed by atoms with Gasteiger partial charge in [-0.15, -0.1) is 0 Å². The molecular formula is C11H11ClO3. The first-order valence-electron chi connectivity index (χ1n) is 4.62. The highest BCUT2D eigenvalue weighted by molar-refractivity contribution is 6.68. The topological polar surface area (TPSA) is 43.4 Å². The second kappa shape index (κ2) is 5.51. The van der Waals surface area contributed by atoms with Crippen molar-refractivity contribution in [2.75, 3.05) is 6.61 Å². The molecule has 0 heterocycles. The highest BCUT2D eigenvalue weighted by Gasteiger charge is 2.15. The van der Waals surface area contributed by atoms with Gasteiger partial charge >= 0.3 is 5.97 Å². The number of carbonyl (C=O) groups excluding carboxylic acids is 2. The molecule has 0 aromatic heterocycles. The van der Waals surface area contributed by atoms with E-state index >= 15 is 0 Å². The number of rotatable bonds is 4. The quantitative estimate of drug-likeness (QED) is 0.586. The van der Waals surface area contributed by atoms with Crippen LogP contribution in [0.1, 0.15) is 34.1 Å². The van der Waals surface area contributed by atoms with Gasteiger partial charge in [-0.05, 0) is 30.2 Å². The van der Waals surface area contributed by atoms with E-state index in [1.807, 2.05) is 6.92 Å². The zero-order valence-corrected chi connectivity index (χ0v) is 9.08. The SMILES string of the molecule is CCCOC(=O)c1ccccc1C(=O)Cl. The van der Waals surface area contributed by atoms with Gasteiger partial charge in [0.2, 0.25) is 0 Å². The molecule has 0 aliphatic carbocycles. The monoisotopic (exact) mass is 226 g/mol. The highest BCUT2D eigenvalue weighted by atomic mass is 35.5. The van der Waals surface area contributed by atoms with Crippen LogP contribution in [0, 0.1) is 0 Å². The number of ether oxygens (including phenoxy) is 1. The maximum Gasteiger partial charge on any atom is 0.338 e. The molecule has 0 aliphatic heterocycles. The van der Waals surface area contributed by atoms with E-state index in [-0.39, 0.29) is 11.1 Å². The van der Waals surface area contributed by atoms with Gasteiger partial charge in [0, 0.05) is 5.56 Å². The molecule has 0 N–H and O–H groups in total. The van der Waals surface area contributed by atoms with Crippen LogP contribution >= 0.6 is 11.6 Å². The molecule has 0 bridgehead atoms. The number of halogens is 1. The summed E-state index contributed by atoms with van der Waals surface area (Å²) in [6.07, 6.45) is 0.739. The lowest BCUT2D eigenvalue weighted by Crippen LogP contribution is -2.10. The Morgan fingerprint density at radius 1 is 1.27 bits per heavy atom. The van der Waals surface area contributed by atoms with Crippen molar-refractivity contribution >= 4 is 22.8 Å². The van der Waals surface area contributed by atoms with Crippen LogP contribution in [0.15, 0.2) is 24.3 Å². The molecule has 0 unspecified atom stereocenters. The minimum atomic E-state index is -0.654. The second-order valence-electron chi connectivity index (χ2n) is 2.96. The van der Waals surface area contributed by atoms with Gasteiger partial charge in [-0.25, -0.2) is 4.79 Å². The van der Waals surface area contributed by atoms with Gasteiger partial charge in [-0.2, -0.15) is 0 Å². The summed E-state index contributed by atoms with van der Waals surface area (Å²) in [5.74, 6) is -0.513. The molecule has 1 aromatic carbocycles. The van der Waals surface area contributed by atoms with Crippen molar-refractivity contribution in [1.82, 2.24) is 0 Å². The Morgan fingerprint density at radius 3 is 2.40 bits per heavy atom. The zero-order chi connectivity index (χ0) is 11.3. The van der Waals surface area contributed by atoms with Gasteiger partial charge < -0.3 is 4.74 Å². The first kappa shape index (κ1) is 11.7. The molecule has 0 atom stereocenters. The standard InChI is InChI=1S/C11H11ClO3/c1-2-7-15-11(14)9-6-4-3-5-8(9)10(12)13/h3-6H,2,7H2,1H3. The van der Waals surface area contributed by atoms with E-state index in [1.54, 1.807) is 12.1 Å². The molecule has 0 spiro atoms. The van der Waals surface area contributed by atoms with Crippen LogP contribution in [0.5, 0.6) is 0 Å². The summed E-state index contributed by atoms with van der Waals surface area (Å²) < 4.78 is 4.92. The van der Waals surface area contributed by atoms with Crippen molar-refractivity contribution in [3.05, 3.63) is 35.4 Å². The van der Waals surface area contributed by atoms with Crippen LogP contribution < -0.4 is 0 Å².